The van der Waals surface area contributed by atoms with Crippen molar-refractivity contribution < 1.29 is 18.7 Å². The Morgan fingerprint density at radius 2 is 1.81 bits per heavy atom. The summed E-state index contributed by atoms with van der Waals surface area (Å²) in [5, 5.41) is 7.05. The first-order valence-corrected chi connectivity index (χ1v) is 9.77. The molecule has 0 fully saturated rings. The van der Waals surface area contributed by atoms with E-state index in [0.717, 1.165) is 5.56 Å². The van der Waals surface area contributed by atoms with Gasteiger partial charge >= 0.3 is 0 Å². The summed E-state index contributed by atoms with van der Waals surface area (Å²) in [7, 11) is 0. The highest BCUT2D eigenvalue weighted by Gasteiger charge is 2.13. The molecule has 0 spiro atoms. The fraction of sp³-hybridized carbons (Fsp3) is 0.125. The third-order valence-electron chi connectivity index (χ3n) is 4.61. The molecule has 0 aliphatic carbocycles. The number of amides is 1. The Hall–Kier alpha value is -4.13. The molecule has 7 nitrogen and oxygen atoms in total. The average Bonchev–Trinajstić information content (AvgIpc) is 3.43. The van der Waals surface area contributed by atoms with E-state index in [9.17, 15) is 9.59 Å². The highest BCUT2D eigenvalue weighted by molar-refractivity contribution is 6.02. The van der Waals surface area contributed by atoms with E-state index in [-0.39, 0.29) is 24.1 Å². The van der Waals surface area contributed by atoms with Gasteiger partial charge < -0.3 is 14.5 Å². The number of benzene rings is 2. The molecule has 0 aliphatic heterocycles. The minimum atomic E-state index is -0.365. The van der Waals surface area contributed by atoms with Gasteiger partial charge in [0, 0.05) is 11.8 Å². The Morgan fingerprint density at radius 1 is 1.03 bits per heavy atom. The van der Waals surface area contributed by atoms with Gasteiger partial charge in [-0.05, 0) is 48.9 Å². The maximum absolute atomic E-state index is 12.5. The number of hydrogen-bond acceptors (Lipinski definition) is 5. The van der Waals surface area contributed by atoms with Crippen LogP contribution < -0.4 is 10.1 Å². The molecule has 0 radical (unpaired) electrons. The second-order valence-corrected chi connectivity index (χ2v) is 7.00. The van der Waals surface area contributed by atoms with Gasteiger partial charge in [0.2, 0.25) is 0 Å². The number of hydrogen-bond donors (Lipinski definition) is 1. The first kappa shape index (κ1) is 20.2. The number of ketones is 1. The zero-order valence-corrected chi connectivity index (χ0v) is 16.9. The Balaban J connectivity index is 1.31. The molecule has 4 aromatic rings. The lowest BCUT2D eigenvalue weighted by atomic mass is 10.1. The van der Waals surface area contributed by atoms with Crippen LogP contribution >= 0.6 is 0 Å². The number of furan rings is 1. The Bertz CT molecular complexity index is 1180. The van der Waals surface area contributed by atoms with Gasteiger partial charge in [-0.3, -0.25) is 14.3 Å². The van der Waals surface area contributed by atoms with Gasteiger partial charge in [0.15, 0.2) is 11.5 Å². The van der Waals surface area contributed by atoms with Crippen LogP contribution in [0.2, 0.25) is 0 Å². The smallest absolute Gasteiger partial charge is 0.291 e. The SMILES string of the molecule is CC(=O)c1ccc(OCc2ccc(C(=O)Nc3cnn(Cc4ccccc4)c3)o2)cc1. The molecule has 0 unspecified atom stereocenters. The van der Waals surface area contributed by atoms with E-state index in [1.165, 1.54) is 6.92 Å². The van der Waals surface area contributed by atoms with Crippen molar-refractivity contribution in [2.45, 2.75) is 20.1 Å². The summed E-state index contributed by atoms with van der Waals surface area (Å²) in [6.45, 7) is 2.30. The van der Waals surface area contributed by atoms with Crippen LogP contribution in [0.4, 0.5) is 5.69 Å². The van der Waals surface area contributed by atoms with Crippen molar-refractivity contribution >= 4 is 17.4 Å². The highest BCUT2D eigenvalue weighted by atomic mass is 16.5. The Morgan fingerprint density at radius 3 is 2.55 bits per heavy atom. The zero-order chi connectivity index (χ0) is 21.6. The lowest BCUT2D eigenvalue weighted by Gasteiger charge is -2.05. The number of anilines is 1. The molecule has 0 saturated heterocycles. The second kappa shape index (κ2) is 9.13. The largest absolute Gasteiger partial charge is 0.486 e. The molecule has 31 heavy (non-hydrogen) atoms. The number of Topliss-reactive ketones (excluding diaryl/α,β-unsaturated/α-hetero) is 1. The van der Waals surface area contributed by atoms with Crippen LogP contribution in [-0.2, 0) is 13.2 Å². The van der Waals surface area contributed by atoms with E-state index in [1.807, 2.05) is 30.3 Å². The predicted octanol–water partition coefficient (Wildman–Crippen LogP) is 4.56. The first-order chi connectivity index (χ1) is 15.1. The fourth-order valence-corrected chi connectivity index (χ4v) is 3.00. The normalized spacial score (nSPS) is 10.6. The quantitative estimate of drug-likeness (QED) is 0.427. The molecule has 156 valence electrons. The number of ether oxygens (including phenoxy) is 1. The molecule has 2 aromatic heterocycles. The van der Waals surface area contributed by atoms with E-state index in [2.05, 4.69) is 10.4 Å². The molecular weight excluding hydrogens is 394 g/mol. The molecule has 2 aromatic carbocycles. The van der Waals surface area contributed by atoms with Crippen molar-refractivity contribution in [1.82, 2.24) is 9.78 Å². The van der Waals surface area contributed by atoms with Crippen molar-refractivity contribution in [2.24, 2.45) is 0 Å². The van der Waals surface area contributed by atoms with E-state index in [1.54, 1.807) is 53.5 Å². The third-order valence-corrected chi connectivity index (χ3v) is 4.61. The summed E-state index contributed by atoms with van der Waals surface area (Å²) < 4.78 is 13.0. The molecule has 1 N–H and O–H groups in total. The molecule has 2 heterocycles. The number of nitrogens with zero attached hydrogens (tertiary/aromatic N) is 2. The first-order valence-electron chi connectivity index (χ1n) is 9.77. The van der Waals surface area contributed by atoms with Crippen molar-refractivity contribution in [2.75, 3.05) is 5.32 Å². The average molecular weight is 415 g/mol. The van der Waals surface area contributed by atoms with E-state index >= 15 is 0 Å². The van der Waals surface area contributed by atoms with Gasteiger partial charge in [-0.15, -0.1) is 0 Å². The lowest BCUT2D eigenvalue weighted by Crippen LogP contribution is -2.10. The van der Waals surface area contributed by atoms with Gasteiger partial charge in [-0.1, -0.05) is 30.3 Å². The second-order valence-electron chi connectivity index (χ2n) is 7.00. The summed E-state index contributed by atoms with van der Waals surface area (Å²) >= 11 is 0. The molecule has 7 heteroatoms. The lowest BCUT2D eigenvalue weighted by molar-refractivity contribution is 0.0990. The van der Waals surface area contributed by atoms with Crippen LogP contribution in [0.3, 0.4) is 0 Å². The maximum atomic E-state index is 12.5. The minimum absolute atomic E-state index is 0.00107. The summed E-state index contributed by atoms with van der Waals surface area (Å²) in [5.74, 6) is 0.940. The topological polar surface area (TPSA) is 86.4 Å². The van der Waals surface area contributed by atoms with Gasteiger partial charge in [0.05, 0.1) is 18.4 Å². The van der Waals surface area contributed by atoms with Gasteiger partial charge in [0.1, 0.15) is 18.1 Å². The number of carbonyl (C=O) groups is 2. The number of rotatable bonds is 8. The van der Waals surface area contributed by atoms with Gasteiger partial charge in [0.25, 0.3) is 5.91 Å². The summed E-state index contributed by atoms with van der Waals surface area (Å²) in [5.41, 5.74) is 2.33. The fourth-order valence-electron chi connectivity index (χ4n) is 3.00. The van der Waals surface area contributed by atoms with E-state index < -0.39 is 0 Å². The molecule has 1 amide bonds. The highest BCUT2D eigenvalue weighted by Crippen LogP contribution is 2.17. The maximum Gasteiger partial charge on any atom is 0.291 e. The van der Waals surface area contributed by atoms with Crippen LogP contribution in [-0.4, -0.2) is 21.5 Å². The van der Waals surface area contributed by atoms with E-state index in [0.29, 0.717) is 29.3 Å². The standard InChI is InChI=1S/C24H21N3O4/c1-17(28)19-7-9-21(10-8-19)30-16-22-11-12-23(31-22)24(29)26-20-13-25-27(15-20)14-18-5-3-2-4-6-18/h2-13,15H,14,16H2,1H3,(H,26,29). The number of carbonyl (C=O) groups excluding carboxylic acids is 2. The Labute approximate surface area is 179 Å². The number of nitrogens with one attached hydrogen (secondary N) is 1. The monoisotopic (exact) mass is 415 g/mol. The molecule has 0 saturated carbocycles. The molecule has 0 atom stereocenters. The van der Waals surface area contributed by atoms with Crippen molar-refractivity contribution in [3.05, 3.63) is 102 Å². The molecule has 4 rings (SSSR count). The molecule has 0 aliphatic rings. The zero-order valence-electron chi connectivity index (χ0n) is 16.9. The van der Waals surface area contributed by atoms with Crippen molar-refractivity contribution in [3.8, 4) is 5.75 Å². The van der Waals surface area contributed by atoms with E-state index in [4.69, 9.17) is 9.15 Å². The summed E-state index contributed by atoms with van der Waals surface area (Å²) in [4.78, 5) is 23.8. The van der Waals surface area contributed by atoms with Crippen molar-refractivity contribution in [1.29, 1.82) is 0 Å². The van der Waals surface area contributed by atoms with Crippen LogP contribution in [0.5, 0.6) is 5.75 Å². The summed E-state index contributed by atoms with van der Waals surface area (Å²) in [6.07, 6.45) is 3.36. The van der Waals surface area contributed by atoms with Crippen LogP contribution in [0.25, 0.3) is 0 Å². The van der Waals surface area contributed by atoms with Gasteiger partial charge in [-0.25, -0.2) is 0 Å². The minimum Gasteiger partial charge on any atom is -0.486 e. The summed E-state index contributed by atoms with van der Waals surface area (Å²) in [6, 6.07) is 20.1. The number of aromatic nitrogens is 2. The molecule has 0 bridgehead atoms. The van der Waals surface area contributed by atoms with Gasteiger partial charge in [-0.2, -0.15) is 5.10 Å². The third kappa shape index (κ3) is 5.27. The van der Waals surface area contributed by atoms with Crippen LogP contribution in [0.1, 0.15) is 39.2 Å². The van der Waals surface area contributed by atoms with Crippen molar-refractivity contribution in [3.63, 3.8) is 0 Å². The Kier molecular flexibility index (Phi) is 5.93. The molecular formula is C24H21N3O4. The van der Waals surface area contributed by atoms with Crippen LogP contribution in [0, 0.1) is 0 Å². The van der Waals surface area contributed by atoms with Crippen LogP contribution in [0.15, 0.2) is 83.5 Å². The predicted molar refractivity (Wildman–Crippen MR) is 115 cm³/mol.